The van der Waals surface area contributed by atoms with Crippen molar-refractivity contribution in [2.75, 3.05) is 6.61 Å². The number of amides is 1. The van der Waals surface area contributed by atoms with Gasteiger partial charge >= 0.3 is 0 Å². The molecule has 0 aromatic rings. The first kappa shape index (κ1) is 13.5. The van der Waals surface area contributed by atoms with Gasteiger partial charge in [-0.1, -0.05) is 20.3 Å². The van der Waals surface area contributed by atoms with E-state index >= 15 is 0 Å². The molecule has 0 spiro atoms. The molecule has 0 aromatic heterocycles. The van der Waals surface area contributed by atoms with Crippen LogP contribution in [0.4, 0.5) is 0 Å². The Morgan fingerprint density at radius 2 is 2.31 bits per heavy atom. The van der Waals surface area contributed by atoms with E-state index in [-0.39, 0.29) is 6.10 Å². The van der Waals surface area contributed by atoms with Crippen LogP contribution in [0.2, 0.25) is 0 Å². The van der Waals surface area contributed by atoms with Crippen LogP contribution in [0.3, 0.4) is 0 Å². The number of hydrogen-bond donors (Lipinski definition) is 2. The van der Waals surface area contributed by atoms with Crippen molar-refractivity contribution in [1.82, 2.24) is 0 Å². The van der Waals surface area contributed by atoms with E-state index in [0.717, 1.165) is 13.0 Å². The van der Waals surface area contributed by atoms with E-state index in [4.69, 9.17) is 16.2 Å². The highest BCUT2D eigenvalue weighted by Gasteiger charge is 2.41. The molecule has 3 unspecified atom stereocenters. The van der Waals surface area contributed by atoms with Crippen LogP contribution < -0.4 is 11.5 Å². The van der Waals surface area contributed by atoms with E-state index in [0.29, 0.717) is 18.8 Å². The normalized spacial score (nSPS) is 31.6. The van der Waals surface area contributed by atoms with E-state index in [1.54, 1.807) is 0 Å². The third-order valence-corrected chi connectivity index (χ3v) is 3.39. The Morgan fingerprint density at radius 1 is 1.62 bits per heavy atom. The van der Waals surface area contributed by atoms with Crippen LogP contribution >= 0.6 is 0 Å². The van der Waals surface area contributed by atoms with Gasteiger partial charge in [0.1, 0.15) is 0 Å². The second-order valence-corrected chi connectivity index (χ2v) is 5.11. The number of rotatable bonds is 6. The zero-order valence-electron chi connectivity index (χ0n) is 10.4. The highest BCUT2D eigenvalue weighted by Crippen LogP contribution is 2.30. The Morgan fingerprint density at radius 3 is 2.81 bits per heavy atom. The molecular formula is C12H24N2O2. The molecule has 4 nitrogen and oxygen atoms in total. The number of nitrogens with two attached hydrogens (primary N) is 2. The van der Waals surface area contributed by atoms with E-state index in [1.807, 2.05) is 0 Å². The molecule has 1 aliphatic carbocycles. The van der Waals surface area contributed by atoms with Crippen LogP contribution in [0, 0.1) is 5.92 Å². The van der Waals surface area contributed by atoms with Gasteiger partial charge in [-0.2, -0.15) is 0 Å². The zero-order chi connectivity index (χ0) is 12.2. The van der Waals surface area contributed by atoms with E-state index < -0.39 is 11.4 Å². The molecule has 3 atom stereocenters. The molecule has 1 saturated carbocycles. The van der Waals surface area contributed by atoms with Gasteiger partial charge in [-0.3, -0.25) is 4.79 Å². The van der Waals surface area contributed by atoms with Gasteiger partial charge in [0, 0.05) is 13.0 Å². The molecule has 16 heavy (non-hydrogen) atoms. The summed E-state index contributed by atoms with van der Waals surface area (Å²) in [5.41, 5.74) is 10.3. The first-order valence-corrected chi connectivity index (χ1v) is 6.18. The van der Waals surface area contributed by atoms with Gasteiger partial charge in [0.25, 0.3) is 0 Å². The Bertz CT molecular complexity index is 245. The van der Waals surface area contributed by atoms with Gasteiger partial charge < -0.3 is 16.2 Å². The fraction of sp³-hybridized carbons (Fsp3) is 0.917. The van der Waals surface area contributed by atoms with E-state index in [9.17, 15) is 4.79 Å². The Hall–Kier alpha value is -0.610. The lowest BCUT2D eigenvalue weighted by Gasteiger charge is -2.20. The predicted octanol–water partition coefficient (Wildman–Crippen LogP) is 1.17. The minimum atomic E-state index is -0.835. The molecule has 1 aliphatic rings. The molecule has 1 fully saturated rings. The minimum absolute atomic E-state index is 0.108. The van der Waals surface area contributed by atoms with Crippen LogP contribution in [0.15, 0.2) is 0 Å². The lowest BCUT2D eigenvalue weighted by Crippen LogP contribution is -2.50. The van der Waals surface area contributed by atoms with E-state index in [2.05, 4.69) is 13.8 Å². The molecule has 0 aromatic carbocycles. The Kier molecular flexibility index (Phi) is 4.74. The fourth-order valence-electron chi connectivity index (χ4n) is 2.27. The largest absolute Gasteiger partial charge is 0.378 e. The summed E-state index contributed by atoms with van der Waals surface area (Å²) in [5.74, 6) is 0.173. The Balaban J connectivity index is 2.29. The molecule has 1 rings (SSSR count). The highest BCUT2D eigenvalue weighted by atomic mass is 16.5. The average Bonchev–Trinajstić information content (AvgIpc) is 2.59. The number of ether oxygens (including phenoxy) is 1. The van der Waals surface area contributed by atoms with Gasteiger partial charge in [-0.05, 0) is 25.2 Å². The summed E-state index contributed by atoms with van der Waals surface area (Å²) < 4.78 is 5.78. The zero-order valence-corrected chi connectivity index (χ0v) is 10.4. The van der Waals surface area contributed by atoms with Crippen molar-refractivity contribution < 1.29 is 9.53 Å². The molecule has 0 aliphatic heterocycles. The van der Waals surface area contributed by atoms with Crippen molar-refractivity contribution >= 4 is 5.91 Å². The lowest BCUT2D eigenvalue weighted by molar-refractivity contribution is -0.123. The highest BCUT2D eigenvalue weighted by molar-refractivity contribution is 5.84. The molecule has 4 N–H and O–H groups in total. The van der Waals surface area contributed by atoms with Gasteiger partial charge in [-0.25, -0.2) is 0 Å². The monoisotopic (exact) mass is 228 g/mol. The summed E-state index contributed by atoms with van der Waals surface area (Å²) in [7, 11) is 0. The average molecular weight is 228 g/mol. The summed E-state index contributed by atoms with van der Waals surface area (Å²) in [6.07, 6.45) is 4.53. The fourth-order valence-corrected chi connectivity index (χ4v) is 2.27. The van der Waals surface area contributed by atoms with Crippen molar-refractivity contribution in [1.29, 1.82) is 0 Å². The van der Waals surface area contributed by atoms with Crippen LogP contribution in [0.1, 0.15) is 46.0 Å². The van der Waals surface area contributed by atoms with Crippen LogP contribution in [0.25, 0.3) is 0 Å². The third-order valence-electron chi connectivity index (χ3n) is 3.39. The number of carbonyl (C=O) groups excluding carboxylic acids is 1. The summed E-state index contributed by atoms with van der Waals surface area (Å²) >= 11 is 0. The standard InChI is InChI=1S/C12H24N2O2/c1-3-4-9(2)8-16-10-5-6-12(14,7-10)11(13)15/h9-10H,3-8,14H2,1-2H3,(H2,13,15). The molecular weight excluding hydrogens is 204 g/mol. The quantitative estimate of drug-likeness (QED) is 0.716. The van der Waals surface area contributed by atoms with Crippen LogP contribution in [-0.4, -0.2) is 24.2 Å². The maximum absolute atomic E-state index is 11.2. The molecule has 0 saturated heterocycles. The molecule has 0 heterocycles. The third kappa shape index (κ3) is 3.46. The smallest absolute Gasteiger partial charge is 0.237 e. The molecule has 94 valence electrons. The van der Waals surface area contributed by atoms with Gasteiger partial charge in [-0.15, -0.1) is 0 Å². The SMILES string of the molecule is CCCC(C)COC1CCC(N)(C(N)=O)C1. The van der Waals surface area contributed by atoms with E-state index in [1.165, 1.54) is 12.8 Å². The molecule has 4 heteroatoms. The number of carbonyl (C=O) groups is 1. The second-order valence-electron chi connectivity index (χ2n) is 5.11. The van der Waals surface area contributed by atoms with Crippen molar-refractivity contribution in [3.05, 3.63) is 0 Å². The van der Waals surface area contributed by atoms with Crippen molar-refractivity contribution in [3.63, 3.8) is 0 Å². The minimum Gasteiger partial charge on any atom is -0.378 e. The predicted molar refractivity (Wildman–Crippen MR) is 63.8 cm³/mol. The lowest BCUT2D eigenvalue weighted by atomic mass is 9.98. The number of hydrogen-bond acceptors (Lipinski definition) is 3. The molecule has 1 amide bonds. The summed E-state index contributed by atoms with van der Waals surface area (Å²) in [4.78, 5) is 11.2. The van der Waals surface area contributed by atoms with Gasteiger partial charge in [0.15, 0.2) is 0 Å². The van der Waals surface area contributed by atoms with Crippen LogP contribution in [-0.2, 0) is 9.53 Å². The number of primary amides is 1. The second kappa shape index (κ2) is 5.64. The Labute approximate surface area is 97.7 Å². The maximum atomic E-state index is 11.2. The first-order chi connectivity index (χ1) is 7.48. The summed E-state index contributed by atoms with van der Waals surface area (Å²) in [6.45, 7) is 5.11. The van der Waals surface area contributed by atoms with Crippen molar-refractivity contribution in [2.24, 2.45) is 17.4 Å². The topological polar surface area (TPSA) is 78.3 Å². The molecule has 0 radical (unpaired) electrons. The summed E-state index contributed by atoms with van der Waals surface area (Å²) in [6, 6.07) is 0. The first-order valence-electron chi connectivity index (χ1n) is 6.18. The molecule has 0 bridgehead atoms. The van der Waals surface area contributed by atoms with Gasteiger partial charge in [0.05, 0.1) is 11.6 Å². The van der Waals surface area contributed by atoms with Crippen molar-refractivity contribution in [2.45, 2.75) is 57.6 Å². The maximum Gasteiger partial charge on any atom is 0.237 e. The van der Waals surface area contributed by atoms with Crippen LogP contribution in [0.5, 0.6) is 0 Å². The van der Waals surface area contributed by atoms with Crippen molar-refractivity contribution in [3.8, 4) is 0 Å². The van der Waals surface area contributed by atoms with Gasteiger partial charge in [0.2, 0.25) is 5.91 Å². The summed E-state index contributed by atoms with van der Waals surface area (Å²) in [5, 5.41) is 0.